The molecule has 0 aliphatic heterocycles. The second-order valence-corrected chi connectivity index (χ2v) is 3.31. The third kappa shape index (κ3) is 8.12. The average Bonchev–Trinajstić information content (AvgIpc) is 2.20. The molecule has 0 aliphatic carbocycles. The van der Waals surface area contributed by atoms with Crippen molar-refractivity contribution in [2.24, 2.45) is 17.2 Å². The molecule has 0 aliphatic rings. The van der Waals surface area contributed by atoms with Crippen molar-refractivity contribution in [1.29, 1.82) is 0 Å². The zero-order chi connectivity index (χ0) is 12.5. The maximum Gasteiger partial charge on any atom is 0.138 e. The predicted molar refractivity (Wildman–Crippen MR) is 69.0 cm³/mol. The summed E-state index contributed by atoms with van der Waals surface area (Å²) in [5, 5.41) is 0. The summed E-state index contributed by atoms with van der Waals surface area (Å²) in [4.78, 5) is 0. The van der Waals surface area contributed by atoms with Gasteiger partial charge in [-0.05, 0) is 25.3 Å². The Hall–Kier alpha value is -0.900. The van der Waals surface area contributed by atoms with Gasteiger partial charge in [-0.1, -0.05) is 31.6 Å². The fourth-order valence-electron chi connectivity index (χ4n) is 0.873. The highest BCUT2D eigenvalue weighted by Gasteiger charge is 2.12. The maximum absolute atomic E-state index is 5.51. The summed E-state index contributed by atoms with van der Waals surface area (Å²) in [6, 6.07) is 0. The number of hydrogen-bond acceptors (Lipinski definition) is 3. The van der Waals surface area contributed by atoms with Gasteiger partial charge in [-0.2, -0.15) is 0 Å². The van der Waals surface area contributed by atoms with Gasteiger partial charge < -0.3 is 0 Å². The molecule has 0 amide bonds. The molecule has 3 nitrogen and oxygen atoms in total. The highest BCUT2D eigenvalue weighted by atomic mass is 15.1. The molecule has 88 valence electrons. The molecule has 0 saturated carbocycles. The van der Waals surface area contributed by atoms with E-state index in [-0.39, 0.29) is 0 Å². The maximum atomic E-state index is 5.51. The van der Waals surface area contributed by atoms with Crippen molar-refractivity contribution < 1.29 is 0 Å². The van der Waals surface area contributed by atoms with Crippen molar-refractivity contribution in [2.45, 2.75) is 39.4 Å². The molecular weight excluding hydrogens is 186 g/mol. The van der Waals surface area contributed by atoms with Crippen LogP contribution in [0.1, 0.15) is 33.6 Å². The quantitative estimate of drug-likeness (QED) is 0.378. The van der Waals surface area contributed by atoms with Crippen molar-refractivity contribution in [1.82, 2.24) is 0 Å². The van der Waals surface area contributed by atoms with Crippen LogP contribution >= 0.6 is 0 Å². The molecule has 0 fully saturated rings. The molecule has 0 radical (unpaired) electrons. The Morgan fingerprint density at radius 1 is 1.07 bits per heavy atom. The minimum atomic E-state index is -1.19. The van der Waals surface area contributed by atoms with Gasteiger partial charge >= 0.3 is 0 Å². The summed E-state index contributed by atoms with van der Waals surface area (Å²) < 4.78 is 0. The first-order chi connectivity index (χ1) is 6.91. The molecule has 0 rings (SSSR count). The van der Waals surface area contributed by atoms with E-state index in [4.69, 9.17) is 17.2 Å². The fraction of sp³-hybridized carbons (Fsp3) is 0.500. The summed E-state index contributed by atoms with van der Waals surface area (Å²) >= 11 is 0. The zero-order valence-corrected chi connectivity index (χ0v) is 10.2. The van der Waals surface area contributed by atoms with Crippen LogP contribution in [-0.2, 0) is 0 Å². The molecule has 15 heavy (non-hydrogen) atoms. The molecule has 0 bridgehead atoms. The topological polar surface area (TPSA) is 78.1 Å². The predicted octanol–water partition coefficient (Wildman–Crippen LogP) is 2.01. The van der Waals surface area contributed by atoms with E-state index in [2.05, 4.69) is 27.0 Å². The molecule has 0 atom stereocenters. The molecule has 0 spiro atoms. The highest BCUT2D eigenvalue weighted by Crippen LogP contribution is 2.08. The smallest absolute Gasteiger partial charge is 0.138 e. The van der Waals surface area contributed by atoms with Gasteiger partial charge in [0.05, 0.1) is 0 Å². The second-order valence-electron chi connectivity index (χ2n) is 3.31. The fourth-order valence-corrected chi connectivity index (χ4v) is 0.873. The summed E-state index contributed by atoms with van der Waals surface area (Å²) in [5.74, 6) is -1.19. The molecule has 0 aromatic heterocycles. The van der Waals surface area contributed by atoms with Gasteiger partial charge in [0, 0.05) is 0 Å². The van der Waals surface area contributed by atoms with E-state index in [0.717, 1.165) is 18.4 Å². The van der Waals surface area contributed by atoms with E-state index in [1.54, 1.807) is 0 Å². The van der Waals surface area contributed by atoms with E-state index in [9.17, 15) is 0 Å². The Morgan fingerprint density at radius 3 is 1.73 bits per heavy atom. The third-order valence-corrected chi connectivity index (χ3v) is 2.16. The summed E-state index contributed by atoms with van der Waals surface area (Å²) in [5.41, 5.74) is 18.7. The van der Waals surface area contributed by atoms with Gasteiger partial charge in [0.1, 0.15) is 5.79 Å². The Labute approximate surface area is 93.7 Å². The first-order valence-corrected chi connectivity index (χ1v) is 5.15. The van der Waals surface area contributed by atoms with Gasteiger partial charge in [-0.3, -0.25) is 17.2 Å². The molecule has 3 heteroatoms. The van der Waals surface area contributed by atoms with Crippen molar-refractivity contribution in [2.75, 3.05) is 0 Å². The minimum Gasteiger partial charge on any atom is -0.298 e. The van der Waals surface area contributed by atoms with Gasteiger partial charge in [0.25, 0.3) is 0 Å². The Balaban J connectivity index is 0. The van der Waals surface area contributed by atoms with Crippen LogP contribution in [0.15, 0.2) is 36.5 Å². The van der Waals surface area contributed by atoms with Crippen LogP contribution in [0, 0.1) is 0 Å². The monoisotopic (exact) mass is 211 g/mol. The Bertz CT molecular complexity index is 216. The zero-order valence-electron chi connectivity index (χ0n) is 10.2. The van der Waals surface area contributed by atoms with Gasteiger partial charge in [-0.25, -0.2) is 0 Å². The van der Waals surface area contributed by atoms with Crippen molar-refractivity contribution in [3.05, 3.63) is 36.5 Å². The molecule has 0 aromatic rings. The number of allylic oxidation sites excluding steroid dienone is 3. The van der Waals surface area contributed by atoms with Crippen LogP contribution < -0.4 is 17.2 Å². The van der Waals surface area contributed by atoms with Crippen LogP contribution in [0.2, 0.25) is 0 Å². The lowest BCUT2D eigenvalue weighted by molar-refractivity contribution is 0.545. The number of rotatable bonds is 4. The third-order valence-electron chi connectivity index (χ3n) is 2.16. The van der Waals surface area contributed by atoms with Crippen LogP contribution in [0.25, 0.3) is 0 Å². The van der Waals surface area contributed by atoms with Crippen LogP contribution in [0.3, 0.4) is 0 Å². The van der Waals surface area contributed by atoms with Crippen LogP contribution in [0.5, 0.6) is 0 Å². The standard InChI is InChI=1S/C10H21N3.C2H4/c1-4-9(5-2)7-6-8(3)10(11,12)13;1-2/h6-7H,4-5,11-13H2,1-3H3;1-2H2/b8-6+;. The first kappa shape index (κ1) is 16.5. The normalized spacial score (nSPS) is 11.5. The lowest BCUT2D eigenvalue weighted by Gasteiger charge is -2.18. The molecule has 0 heterocycles. The Kier molecular flexibility index (Phi) is 9.27. The Morgan fingerprint density at radius 2 is 1.47 bits per heavy atom. The lowest BCUT2D eigenvalue weighted by Crippen LogP contribution is -2.58. The summed E-state index contributed by atoms with van der Waals surface area (Å²) in [7, 11) is 0. The van der Waals surface area contributed by atoms with Crippen LogP contribution in [0.4, 0.5) is 0 Å². The van der Waals surface area contributed by atoms with Gasteiger partial charge in [0.2, 0.25) is 0 Å². The SMILES string of the molecule is C=C.CCC(=C/C=C(\C)C(N)(N)N)CC. The van der Waals surface area contributed by atoms with Crippen LogP contribution in [-0.4, -0.2) is 5.79 Å². The lowest BCUT2D eigenvalue weighted by atomic mass is 10.1. The van der Waals surface area contributed by atoms with E-state index >= 15 is 0 Å². The van der Waals surface area contributed by atoms with E-state index < -0.39 is 5.79 Å². The number of nitrogens with two attached hydrogens (primary N) is 3. The first-order valence-electron chi connectivity index (χ1n) is 5.15. The van der Waals surface area contributed by atoms with E-state index in [1.165, 1.54) is 5.57 Å². The summed E-state index contributed by atoms with van der Waals surface area (Å²) in [6.45, 7) is 12.1. The van der Waals surface area contributed by atoms with Crippen molar-refractivity contribution in [3.8, 4) is 0 Å². The highest BCUT2D eigenvalue weighted by molar-refractivity contribution is 5.21. The van der Waals surface area contributed by atoms with Gasteiger partial charge in [0.15, 0.2) is 0 Å². The van der Waals surface area contributed by atoms with Crippen molar-refractivity contribution >= 4 is 0 Å². The largest absolute Gasteiger partial charge is 0.298 e. The van der Waals surface area contributed by atoms with Gasteiger partial charge in [-0.15, -0.1) is 13.2 Å². The molecule has 6 N–H and O–H groups in total. The number of hydrogen-bond donors (Lipinski definition) is 3. The average molecular weight is 211 g/mol. The van der Waals surface area contributed by atoms with Crippen molar-refractivity contribution in [3.63, 3.8) is 0 Å². The molecule has 0 unspecified atom stereocenters. The summed E-state index contributed by atoms with van der Waals surface area (Å²) in [6.07, 6.45) is 6.03. The molecule has 0 saturated heterocycles. The van der Waals surface area contributed by atoms with E-state index in [1.807, 2.05) is 19.1 Å². The molecular formula is C12H25N3. The van der Waals surface area contributed by atoms with E-state index in [0.29, 0.717) is 0 Å². The second kappa shape index (κ2) is 8.41. The molecule has 0 aromatic carbocycles. The minimum absolute atomic E-state index is 0.784.